The molecule has 2 aromatic rings. The van der Waals surface area contributed by atoms with Gasteiger partial charge in [-0.25, -0.2) is 4.39 Å². The van der Waals surface area contributed by atoms with Crippen molar-refractivity contribution in [2.75, 3.05) is 19.7 Å². The van der Waals surface area contributed by atoms with Crippen molar-refractivity contribution < 1.29 is 9.50 Å². The highest BCUT2D eigenvalue weighted by Crippen LogP contribution is 2.25. The zero-order valence-corrected chi connectivity index (χ0v) is 11.8. The minimum absolute atomic E-state index is 0.190. The largest absolute Gasteiger partial charge is 0.396 e. The molecule has 1 saturated heterocycles. The van der Waals surface area contributed by atoms with Crippen molar-refractivity contribution in [1.29, 1.82) is 0 Å². The Bertz CT molecular complexity index is 608. The quantitative estimate of drug-likeness (QED) is 0.905. The Balaban J connectivity index is 1.82. The van der Waals surface area contributed by atoms with Crippen LogP contribution in [0.3, 0.4) is 0 Å². The van der Waals surface area contributed by atoms with Crippen LogP contribution in [0.4, 0.5) is 4.39 Å². The van der Waals surface area contributed by atoms with Crippen molar-refractivity contribution in [2.45, 2.75) is 26.3 Å². The maximum atomic E-state index is 13.3. The van der Waals surface area contributed by atoms with E-state index in [1.807, 2.05) is 6.92 Å². The lowest BCUT2D eigenvalue weighted by atomic mass is 9.99. The van der Waals surface area contributed by atoms with Crippen LogP contribution >= 0.6 is 0 Å². The number of rotatable bonds is 3. The predicted molar refractivity (Wildman–Crippen MR) is 78.1 cm³/mol. The second-order valence-electron chi connectivity index (χ2n) is 5.84. The van der Waals surface area contributed by atoms with E-state index >= 15 is 0 Å². The standard InChI is InChI=1S/C16H21FN2O/c1-11-14-7-13(17)4-5-15(14)18-16(11)9-19-6-2-3-12(8-19)10-20/h4-5,7,12,18,20H,2-3,6,8-10H2,1H3. The molecule has 20 heavy (non-hydrogen) atoms. The summed E-state index contributed by atoms with van der Waals surface area (Å²) in [6, 6.07) is 4.88. The van der Waals surface area contributed by atoms with Gasteiger partial charge in [-0.15, -0.1) is 0 Å². The monoisotopic (exact) mass is 276 g/mol. The lowest BCUT2D eigenvalue weighted by molar-refractivity contribution is 0.115. The summed E-state index contributed by atoms with van der Waals surface area (Å²) in [5.41, 5.74) is 3.28. The number of aromatic nitrogens is 1. The van der Waals surface area contributed by atoms with E-state index in [2.05, 4.69) is 9.88 Å². The SMILES string of the molecule is Cc1c(CN2CCCC(CO)C2)[nH]c2ccc(F)cc12. The van der Waals surface area contributed by atoms with Gasteiger partial charge in [0.2, 0.25) is 0 Å². The van der Waals surface area contributed by atoms with Crippen molar-refractivity contribution in [3.8, 4) is 0 Å². The number of halogens is 1. The fourth-order valence-electron chi connectivity index (χ4n) is 3.18. The number of benzene rings is 1. The van der Waals surface area contributed by atoms with Crippen LogP contribution in [-0.4, -0.2) is 34.7 Å². The molecular weight excluding hydrogens is 255 g/mol. The fraction of sp³-hybridized carbons (Fsp3) is 0.500. The number of aryl methyl sites for hydroxylation is 1. The molecular formula is C16H21FN2O. The van der Waals surface area contributed by atoms with Gasteiger partial charge in [-0.1, -0.05) is 0 Å². The Morgan fingerprint density at radius 3 is 3.10 bits per heavy atom. The third kappa shape index (κ3) is 2.58. The lowest BCUT2D eigenvalue weighted by Crippen LogP contribution is -2.36. The van der Waals surface area contributed by atoms with Gasteiger partial charge in [0.15, 0.2) is 0 Å². The number of H-pyrrole nitrogens is 1. The molecule has 2 heterocycles. The van der Waals surface area contributed by atoms with Crippen LogP contribution in [0.15, 0.2) is 18.2 Å². The van der Waals surface area contributed by atoms with Gasteiger partial charge in [0, 0.05) is 36.3 Å². The van der Waals surface area contributed by atoms with Gasteiger partial charge < -0.3 is 10.1 Å². The molecule has 1 fully saturated rings. The first-order valence-corrected chi connectivity index (χ1v) is 7.27. The van der Waals surface area contributed by atoms with Crippen LogP contribution in [0.2, 0.25) is 0 Å². The van der Waals surface area contributed by atoms with E-state index in [4.69, 9.17) is 0 Å². The normalized spacial score (nSPS) is 20.6. The first-order valence-electron chi connectivity index (χ1n) is 7.27. The van der Waals surface area contributed by atoms with Crippen LogP contribution in [0.5, 0.6) is 0 Å². The van der Waals surface area contributed by atoms with E-state index in [9.17, 15) is 9.50 Å². The molecule has 1 aliphatic rings. The Hall–Kier alpha value is -1.39. The summed E-state index contributed by atoms with van der Waals surface area (Å²) in [6.07, 6.45) is 2.25. The summed E-state index contributed by atoms with van der Waals surface area (Å²) in [5.74, 6) is 0.204. The van der Waals surface area contributed by atoms with Gasteiger partial charge >= 0.3 is 0 Å². The Morgan fingerprint density at radius 2 is 2.30 bits per heavy atom. The molecule has 2 N–H and O–H groups in total. The zero-order valence-electron chi connectivity index (χ0n) is 11.8. The van der Waals surface area contributed by atoms with Crippen molar-refractivity contribution in [3.05, 3.63) is 35.3 Å². The number of hydrogen-bond donors (Lipinski definition) is 2. The van der Waals surface area contributed by atoms with E-state index in [-0.39, 0.29) is 12.4 Å². The average molecular weight is 276 g/mol. The number of hydrogen-bond acceptors (Lipinski definition) is 2. The molecule has 1 aromatic carbocycles. The lowest BCUT2D eigenvalue weighted by Gasteiger charge is -2.31. The van der Waals surface area contributed by atoms with Crippen LogP contribution in [-0.2, 0) is 6.54 Å². The van der Waals surface area contributed by atoms with Crippen LogP contribution in [0.1, 0.15) is 24.1 Å². The van der Waals surface area contributed by atoms with Gasteiger partial charge in [-0.05, 0) is 56.0 Å². The predicted octanol–water partition coefficient (Wildman–Crippen LogP) is 2.82. The minimum atomic E-state index is -0.190. The number of aromatic amines is 1. The topological polar surface area (TPSA) is 39.3 Å². The molecule has 0 spiro atoms. The van der Waals surface area contributed by atoms with Gasteiger partial charge in [-0.3, -0.25) is 4.90 Å². The molecule has 1 unspecified atom stereocenters. The van der Waals surface area contributed by atoms with Gasteiger partial charge in [0.1, 0.15) is 5.82 Å². The number of aliphatic hydroxyl groups is 1. The summed E-state index contributed by atoms with van der Waals surface area (Å²) < 4.78 is 13.3. The smallest absolute Gasteiger partial charge is 0.123 e. The van der Waals surface area contributed by atoms with Crippen molar-refractivity contribution in [2.24, 2.45) is 5.92 Å². The van der Waals surface area contributed by atoms with Crippen LogP contribution in [0, 0.1) is 18.7 Å². The van der Waals surface area contributed by atoms with Gasteiger partial charge in [-0.2, -0.15) is 0 Å². The molecule has 3 nitrogen and oxygen atoms in total. The summed E-state index contributed by atoms with van der Waals surface area (Å²) >= 11 is 0. The maximum absolute atomic E-state index is 13.3. The highest BCUT2D eigenvalue weighted by molar-refractivity contribution is 5.84. The second-order valence-corrected chi connectivity index (χ2v) is 5.84. The number of piperidine rings is 1. The zero-order chi connectivity index (χ0) is 14.1. The molecule has 0 bridgehead atoms. The highest BCUT2D eigenvalue weighted by Gasteiger charge is 2.20. The molecule has 0 radical (unpaired) electrons. The van der Waals surface area contributed by atoms with Crippen LogP contribution < -0.4 is 0 Å². The number of fused-ring (bicyclic) bond motifs is 1. The van der Waals surface area contributed by atoms with Crippen molar-refractivity contribution in [1.82, 2.24) is 9.88 Å². The number of nitrogens with zero attached hydrogens (tertiary/aromatic N) is 1. The maximum Gasteiger partial charge on any atom is 0.123 e. The Labute approximate surface area is 118 Å². The number of likely N-dealkylation sites (tertiary alicyclic amines) is 1. The van der Waals surface area contributed by atoms with Crippen molar-refractivity contribution >= 4 is 10.9 Å². The van der Waals surface area contributed by atoms with Gasteiger partial charge in [0.05, 0.1) is 0 Å². The third-order valence-corrected chi connectivity index (χ3v) is 4.37. The number of nitrogens with one attached hydrogen (secondary N) is 1. The Kier molecular flexibility index (Phi) is 3.76. The molecule has 0 amide bonds. The summed E-state index contributed by atoms with van der Waals surface area (Å²) in [6.45, 7) is 5.17. The second kappa shape index (κ2) is 5.54. The molecule has 1 atom stereocenters. The van der Waals surface area contributed by atoms with E-state index in [1.165, 1.54) is 6.07 Å². The molecule has 108 valence electrons. The molecule has 1 aliphatic heterocycles. The van der Waals surface area contributed by atoms with E-state index in [0.717, 1.165) is 54.6 Å². The summed E-state index contributed by atoms with van der Waals surface area (Å²) in [4.78, 5) is 5.77. The highest BCUT2D eigenvalue weighted by atomic mass is 19.1. The molecule has 0 aliphatic carbocycles. The fourth-order valence-corrected chi connectivity index (χ4v) is 3.18. The minimum Gasteiger partial charge on any atom is -0.396 e. The van der Waals surface area contributed by atoms with E-state index < -0.39 is 0 Å². The van der Waals surface area contributed by atoms with E-state index in [1.54, 1.807) is 12.1 Å². The summed E-state index contributed by atoms with van der Waals surface area (Å²) in [7, 11) is 0. The van der Waals surface area contributed by atoms with Crippen LogP contribution in [0.25, 0.3) is 10.9 Å². The Morgan fingerprint density at radius 1 is 1.45 bits per heavy atom. The third-order valence-electron chi connectivity index (χ3n) is 4.37. The molecule has 1 aromatic heterocycles. The molecule has 3 rings (SSSR count). The first-order chi connectivity index (χ1) is 9.67. The molecule has 4 heteroatoms. The van der Waals surface area contributed by atoms with E-state index in [0.29, 0.717) is 5.92 Å². The number of aliphatic hydroxyl groups excluding tert-OH is 1. The molecule has 0 saturated carbocycles. The average Bonchev–Trinajstić information content (AvgIpc) is 2.76. The first kappa shape index (κ1) is 13.6. The van der Waals surface area contributed by atoms with Gasteiger partial charge in [0.25, 0.3) is 0 Å². The summed E-state index contributed by atoms with van der Waals surface area (Å²) in [5, 5.41) is 10.3. The van der Waals surface area contributed by atoms with Crippen molar-refractivity contribution in [3.63, 3.8) is 0 Å².